The van der Waals surface area contributed by atoms with Crippen LogP contribution in [-0.2, 0) is 4.79 Å². The molecule has 0 aliphatic heterocycles. The zero-order chi connectivity index (χ0) is 15.8. The molecule has 0 bridgehead atoms. The fraction of sp³-hybridized carbons (Fsp3) is 0.833. The van der Waals surface area contributed by atoms with E-state index in [1.54, 1.807) is 0 Å². The van der Waals surface area contributed by atoms with Crippen LogP contribution >= 0.6 is 0 Å². The number of carboxylic acid groups (broad SMARTS) is 1. The fourth-order valence-corrected chi connectivity index (χ4v) is 2.41. The molecular formula is C18H34O3. The van der Waals surface area contributed by atoms with E-state index < -0.39 is 5.97 Å². The molecule has 21 heavy (non-hydrogen) atoms. The van der Waals surface area contributed by atoms with Gasteiger partial charge in [-0.2, -0.15) is 0 Å². The van der Waals surface area contributed by atoms with E-state index in [4.69, 9.17) is 5.11 Å². The molecule has 3 heteroatoms. The number of hydrogen-bond donors (Lipinski definition) is 2. The van der Waals surface area contributed by atoms with E-state index in [0.29, 0.717) is 12.2 Å². The van der Waals surface area contributed by atoms with Crippen LogP contribution in [0.25, 0.3) is 0 Å². The second kappa shape index (κ2) is 15.4. The molecule has 0 fully saturated rings. The van der Waals surface area contributed by atoms with Crippen LogP contribution in [0.1, 0.15) is 96.8 Å². The Morgan fingerprint density at radius 1 is 0.762 bits per heavy atom. The van der Waals surface area contributed by atoms with E-state index in [1.165, 1.54) is 38.5 Å². The van der Waals surface area contributed by atoms with Crippen molar-refractivity contribution in [1.29, 1.82) is 0 Å². The van der Waals surface area contributed by atoms with Gasteiger partial charge < -0.3 is 10.2 Å². The molecule has 0 heterocycles. The maximum atomic E-state index is 10.3. The summed E-state index contributed by atoms with van der Waals surface area (Å²) in [5, 5.41) is 18.2. The highest BCUT2D eigenvalue weighted by Gasteiger charge is 1.98. The second-order valence-electron chi connectivity index (χ2n) is 5.91. The molecule has 0 aromatic heterocycles. The zero-order valence-corrected chi connectivity index (χ0v) is 13.8. The molecule has 0 aromatic carbocycles. The van der Waals surface area contributed by atoms with Gasteiger partial charge >= 0.3 is 5.97 Å². The third-order valence-electron chi connectivity index (χ3n) is 3.76. The summed E-state index contributed by atoms with van der Waals surface area (Å²) in [7, 11) is 0. The molecule has 0 amide bonds. The highest BCUT2D eigenvalue weighted by Crippen LogP contribution is 2.13. The summed E-state index contributed by atoms with van der Waals surface area (Å²) in [4.78, 5) is 10.3. The van der Waals surface area contributed by atoms with Gasteiger partial charge in [-0.3, -0.25) is 4.79 Å². The lowest BCUT2D eigenvalue weighted by molar-refractivity contribution is -0.137. The monoisotopic (exact) mass is 298 g/mol. The molecule has 0 atom stereocenters. The van der Waals surface area contributed by atoms with E-state index in [2.05, 4.69) is 6.92 Å². The van der Waals surface area contributed by atoms with Crippen molar-refractivity contribution in [1.82, 2.24) is 0 Å². The Hall–Kier alpha value is -0.990. The average Bonchev–Trinajstić information content (AvgIpc) is 2.45. The second-order valence-corrected chi connectivity index (χ2v) is 5.91. The standard InChI is InChI=1S/C18H34O3/c1-2-3-4-8-11-14-17(19)15-12-9-6-5-7-10-13-16-18(20)21/h14,19H,2-13,15-16H2,1H3,(H,20,21)/b17-14-. The minimum atomic E-state index is -0.688. The summed E-state index contributed by atoms with van der Waals surface area (Å²) in [5.74, 6) is -0.125. The minimum absolute atomic E-state index is 0.303. The summed E-state index contributed by atoms with van der Waals surface area (Å²) in [5.41, 5.74) is 0. The van der Waals surface area contributed by atoms with Crippen molar-refractivity contribution in [3.63, 3.8) is 0 Å². The van der Waals surface area contributed by atoms with Crippen molar-refractivity contribution < 1.29 is 15.0 Å². The Kier molecular flexibility index (Phi) is 14.7. The molecule has 0 saturated carbocycles. The molecule has 0 aliphatic carbocycles. The van der Waals surface area contributed by atoms with E-state index >= 15 is 0 Å². The molecule has 0 spiro atoms. The van der Waals surface area contributed by atoms with Crippen molar-refractivity contribution in [2.75, 3.05) is 0 Å². The van der Waals surface area contributed by atoms with Crippen LogP contribution in [0.15, 0.2) is 11.8 Å². The average molecular weight is 298 g/mol. The highest BCUT2D eigenvalue weighted by atomic mass is 16.4. The molecule has 2 N–H and O–H groups in total. The van der Waals surface area contributed by atoms with Gasteiger partial charge in [0.2, 0.25) is 0 Å². The fourth-order valence-electron chi connectivity index (χ4n) is 2.41. The third-order valence-corrected chi connectivity index (χ3v) is 3.76. The summed E-state index contributed by atoms with van der Waals surface area (Å²) in [6, 6.07) is 0. The SMILES string of the molecule is CCCCCC/C=C(\O)CCCCCCCCCC(=O)O. The molecule has 0 aromatic rings. The van der Waals surface area contributed by atoms with E-state index in [0.717, 1.165) is 44.9 Å². The van der Waals surface area contributed by atoms with Gasteiger partial charge in [0.15, 0.2) is 0 Å². The van der Waals surface area contributed by atoms with Gasteiger partial charge in [-0.1, -0.05) is 58.3 Å². The Labute approximate surface area is 130 Å². The van der Waals surface area contributed by atoms with Crippen LogP contribution in [0, 0.1) is 0 Å². The number of aliphatic carboxylic acids is 1. The van der Waals surface area contributed by atoms with Crippen LogP contribution in [-0.4, -0.2) is 16.2 Å². The van der Waals surface area contributed by atoms with Crippen LogP contribution in [0.4, 0.5) is 0 Å². The van der Waals surface area contributed by atoms with Crippen LogP contribution < -0.4 is 0 Å². The number of carbonyl (C=O) groups is 1. The normalized spacial score (nSPS) is 11.8. The van der Waals surface area contributed by atoms with Crippen molar-refractivity contribution >= 4 is 5.97 Å². The van der Waals surface area contributed by atoms with E-state index in [1.807, 2.05) is 6.08 Å². The van der Waals surface area contributed by atoms with Gasteiger partial charge in [0.25, 0.3) is 0 Å². The van der Waals surface area contributed by atoms with Crippen LogP contribution in [0.2, 0.25) is 0 Å². The number of aliphatic hydroxyl groups is 1. The first-order valence-electron chi connectivity index (χ1n) is 8.76. The summed E-state index contributed by atoms with van der Waals surface area (Å²) >= 11 is 0. The Morgan fingerprint density at radius 2 is 1.29 bits per heavy atom. The number of unbranched alkanes of at least 4 members (excludes halogenated alkanes) is 10. The van der Waals surface area contributed by atoms with Gasteiger partial charge in [0.1, 0.15) is 0 Å². The quantitative estimate of drug-likeness (QED) is 0.288. The van der Waals surface area contributed by atoms with Crippen molar-refractivity contribution in [3.8, 4) is 0 Å². The van der Waals surface area contributed by atoms with E-state index in [-0.39, 0.29) is 0 Å². The molecule has 0 unspecified atom stereocenters. The smallest absolute Gasteiger partial charge is 0.303 e. The summed E-state index contributed by atoms with van der Waals surface area (Å²) in [6.07, 6.45) is 16.7. The number of allylic oxidation sites excluding steroid dienone is 2. The molecule has 0 rings (SSSR count). The zero-order valence-electron chi connectivity index (χ0n) is 13.8. The molecule has 124 valence electrons. The minimum Gasteiger partial charge on any atom is -0.513 e. The first-order chi connectivity index (χ1) is 10.2. The first kappa shape index (κ1) is 20.0. The summed E-state index contributed by atoms with van der Waals surface area (Å²) < 4.78 is 0. The molecule has 3 nitrogen and oxygen atoms in total. The number of hydrogen-bond acceptors (Lipinski definition) is 2. The van der Waals surface area contributed by atoms with Gasteiger partial charge in [-0.25, -0.2) is 0 Å². The first-order valence-corrected chi connectivity index (χ1v) is 8.76. The molecule has 0 aliphatic rings. The van der Waals surface area contributed by atoms with Gasteiger partial charge in [-0.05, 0) is 31.8 Å². The Balaban J connectivity index is 3.26. The van der Waals surface area contributed by atoms with E-state index in [9.17, 15) is 9.90 Å². The Bertz CT molecular complexity index is 272. The van der Waals surface area contributed by atoms with Gasteiger partial charge in [-0.15, -0.1) is 0 Å². The molecule has 0 saturated heterocycles. The van der Waals surface area contributed by atoms with Crippen LogP contribution in [0.3, 0.4) is 0 Å². The summed E-state index contributed by atoms with van der Waals surface area (Å²) in [6.45, 7) is 2.21. The van der Waals surface area contributed by atoms with Crippen molar-refractivity contribution in [3.05, 3.63) is 11.8 Å². The molecular weight excluding hydrogens is 264 g/mol. The lowest BCUT2D eigenvalue weighted by Gasteiger charge is -2.02. The lowest BCUT2D eigenvalue weighted by Crippen LogP contribution is -1.93. The topological polar surface area (TPSA) is 57.5 Å². The van der Waals surface area contributed by atoms with Crippen LogP contribution in [0.5, 0.6) is 0 Å². The van der Waals surface area contributed by atoms with Gasteiger partial charge in [0, 0.05) is 12.8 Å². The number of carboxylic acids is 1. The lowest BCUT2D eigenvalue weighted by atomic mass is 10.1. The number of rotatable bonds is 15. The maximum absolute atomic E-state index is 10.3. The predicted octanol–water partition coefficient (Wildman–Crippen LogP) is 5.99. The third kappa shape index (κ3) is 17.0. The van der Waals surface area contributed by atoms with Crippen molar-refractivity contribution in [2.45, 2.75) is 96.8 Å². The number of aliphatic hydroxyl groups excluding tert-OH is 1. The van der Waals surface area contributed by atoms with Crippen molar-refractivity contribution in [2.24, 2.45) is 0 Å². The molecule has 0 radical (unpaired) electrons. The maximum Gasteiger partial charge on any atom is 0.303 e. The van der Waals surface area contributed by atoms with Gasteiger partial charge in [0.05, 0.1) is 5.76 Å². The largest absolute Gasteiger partial charge is 0.513 e. The Morgan fingerprint density at radius 3 is 1.86 bits per heavy atom. The predicted molar refractivity (Wildman–Crippen MR) is 88.7 cm³/mol. The highest BCUT2D eigenvalue weighted by molar-refractivity contribution is 5.66.